The van der Waals surface area contributed by atoms with Crippen LogP contribution < -0.4 is 5.32 Å². The van der Waals surface area contributed by atoms with Gasteiger partial charge in [0.05, 0.1) is 16.7 Å². The highest BCUT2D eigenvalue weighted by atomic mass is 79.9. The van der Waals surface area contributed by atoms with Crippen LogP contribution in [0.1, 0.15) is 12.0 Å². The largest absolute Gasteiger partial charge is 0.461 e. The number of amides is 1. The molecule has 2 aliphatic carbocycles. The van der Waals surface area contributed by atoms with Crippen molar-refractivity contribution in [2.45, 2.75) is 23.9 Å². The number of carbonyl (C=O) groups excluding carboxylic acids is 2. The first-order valence-electron chi connectivity index (χ1n) is 7.18. The first-order valence-corrected chi connectivity index (χ1v) is 8.09. The Morgan fingerprint density at radius 3 is 3.10 bits per heavy atom. The summed E-state index contributed by atoms with van der Waals surface area (Å²) in [6, 6.07) is 3.76. The van der Waals surface area contributed by atoms with E-state index < -0.39 is 0 Å². The zero-order chi connectivity index (χ0) is 14.6. The van der Waals surface area contributed by atoms with E-state index in [1.807, 2.05) is 12.1 Å². The molecule has 21 heavy (non-hydrogen) atoms. The number of nitrogens with zero attached hydrogens (tertiary/aromatic N) is 1. The van der Waals surface area contributed by atoms with Crippen LogP contribution in [0.25, 0.3) is 0 Å². The van der Waals surface area contributed by atoms with Crippen molar-refractivity contribution in [3.05, 3.63) is 30.1 Å². The lowest BCUT2D eigenvalue weighted by Crippen LogP contribution is -2.43. The Balaban J connectivity index is 1.49. The van der Waals surface area contributed by atoms with Gasteiger partial charge in [-0.2, -0.15) is 0 Å². The number of ether oxygens (including phenoxy) is 1. The second kappa shape index (κ2) is 4.80. The van der Waals surface area contributed by atoms with Gasteiger partial charge in [-0.05, 0) is 24.0 Å². The summed E-state index contributed by atoms with van der Waals surface area (Å²) in [6.45, 7) is 0.443. The molecule has 0 unspecified atom stereocenters. The van der Waals surface area contributed by atoms with Gasteiger partial charge in [0.2, 0.25) is 5.91 Å². The van der Waals surface area contributed by atoms with Crippen molar-refractivity contribution in [1.29, 1.82) is 0 Å². The van der Waals surface area contributed by atoms with Crippen LogP contribution in [0.15, 0.2) is 24.5 Å². The van der Waals surface area contributed by atoms with Crippen molar-refractivity contribution in [3.8, 4) is 0 Å². The Labute approximate surface area is 130 Å². The van der Waals surface area contributed by atoms with Crippen LogP contribution in [0.2, 0.25) is 0 Å². The Bertz CT molecular complexity index is 594. The summed E-state index contributed by atoms with van der Waals surface area (Å²) < 4.78 is 5.42. The molecule has 1 saturated heterocycles. The topological polar surface area (TPSA) is 68.3 Å². The number of pyridine rings is 1. The fourth-order valence-electron chi connectivity index (χ4n) is 4.14. The number of hydrogen-bond acceptors (Lipinski definition) is 4. The van der Waals surface area contributed by atoms with E-state index in [9.17, 15) is 9.59 Å². The Morgan fingerprint density at radius 1 is 1.48 bits per heavy atom. The number of fused-ring (bicyclic) bond motifs is 1. The third kappa shape index (κ3) is 1.92. The molecule has 1 aliphatic heterocycles. The molecule has 3 fully saturated rings. The molecule has 2 bridgehead atoms. The fourth-order valence-corrected chi connectivity index (χ4v) is 5.18. The lowest BCUT2D eigenvalue weighted by molar-refractivity contribution is -0.145. The first kappa shape index (κ1) is 13.2. The molecule has 6 atom stereocenters. The minimum atomic E-state index is -0.262. The van der Waals surface area contributed by atoms with Crippen LogP contribution in [0.4, 0.5) is 0 Å². The number of alkyl halides is 1. The van der Waals surface area contributed by atoms with Gasteiger partial charge in [0.25, 0.3) is 0 Å². The van der Waals surface area contributed by atoms with Crippen LogP contribution in [-0.4, -0.2) is 27.8 Å². The second-order valence-corrected chi connectivity index (χ2v) is 7.10. The molecule has 1 aromatic heterocycles. The molecule has 4 rings (SSSR count). The molecule has 1 amide bonds. The van der Waals surface area contributed by atoms with Gasteiger partial charge in [-0.1, -0.05) is 22.0 Å². The highest BCUT2D eigenvalue weighted by molar-refractivity contribution is 9.09. The van der Waals surface area contributed by atoms with Crippen molar-refractivity contribution in [3.63, 3.8) is 0 Å². The van der Waals surface area contributed by atoms with Crippen LogP contribution in [-0.2, 0) is 20.9 Å². The monoisotopic (exact) mass is 350 g/mol. The molecular formula is C15H15BrN2O3. The van der Waals surface area contributed by atoms with E-state index >= 15 is 0 Å². The molecule has 0 aromatic carbocycles. The summed E-state index contributed by atoms with van der Waals surface area (Å²) in [5.74, 6) is -0.342. The van der Waals surface area contributed by atoms with Gasteiger partial charge in [0.15, 0.2) is 0 Å². The first-order chi connectivity index (χ1) is 10.2. The number of aromatic nitrogens is 1. The van der Waals surface area contributed by atoms with Gasteiger partial charge >= 0.3 is 5.97 Å². The predicted molar refractivity (Wildman–Crippen MR) is 77.3 cm³/mol. The molecule has 3 aliphatic rings. The van der Waals surface area contributed by atoms with Crippen LogP contribution >= 0.6 is 15.9 Å². The Morgan fingerprint density at radius 2 is 2.33 bits per heavy atom. The van der Waals surface area contributed by atoms with Crippen molar-refractivity contribution in [2.75, 3.05) is 0 Å². The predicted octanol–water partition coefficient (Wildman–Crippen LogP) is 1.27. The quantitative estimate of drug-likeness (QED) is 0.658. The minimum Gasteiger partial charge on any atom is -0.461 e. The normalized spacial score (nSPS) is 39.4. The second-order valence-electron chi connectivity index (χ2n) is 6.04. The highest BCUT2D eigenvalue weighted by Crippen LogP contribution is 2.59. The zero-order valence-electron chi connectivity index (χ0n) is 11.2. The molecule has 2 saturated carbocycles. The minimum absolute atomic E-state index is 0.0325. The molecule has 1 aromatic rings. The highest BCUT2D eigenvalue weighted by Gasteiger charge is 2.67. The molecular weight excluding hydrogens is 336 g/mol. The standard InChI is InChI=1S/C15H15BrN2O3/c16-12-8-4-9-11(15(20)21-13(9)12)10(8)14(19)18-6-7-2-1-3-17-5-7/h1-3,5,8-13H,4,6H2,(H,18,19)/t8-,9-,10-,11-,12+,13+/m1/s1. The molecule has 0 spiro atoms. The van der Waals surface area contributed by atoms with E-state index in [4.69, 9.17) is 4.74 Å². The average Bonchev–Trinajstić information content (AvgIpc) is 3.10. The zero-order valence-corrected chi connectivity index (χ0v) is 12.8. The summed E-state index contributed by atoms with van der Waals surface area (Å²) in [5.41, 5.74) is 0.955. The van der Waals surface area contributed by atoms with Crippen molar-refractivity contribution in [1.82, 2.24) is 10.3 Å². The van der Waals surface area contributed by atoms with Crippen LogP contribution in [0.3, 0.4) is 0 Å². The van der Waals surface area contributed by atoms with Crippen molar-refractivity contribution < 1.29 is 14.3 Å². The maximum Gasteiger partial charge on any atom is 0.310 e. The number of esters is 1. The van der Waals surface area contributed by atoms with E-state index in [1.54, 1.807) is 12.4 Å². The van der Waals surface area contributed by atoms with Gasteiger partial charge in [-0.15, -0.1) is 0 Å². The third-order valence-corrected chi connectivity index (χ3v) is 6.22. The van der Waals surface area contributed by atoms with E-state index in [2.05, 4.69) is 26.2 Å². The Kier molecular flexibility index (Phi) is 3.03. The maximum absolute atomic E-state index is 12.5. The van der Waals surface area contributed by atoms with Crippen molar-refractivity contribution >= 4 is 27.8 Å². The van der Waals surface area contributed by atoms with E-state index in [0.29, 0.717) is 6.54 Å². The van der Waals surface area contributed by atoms with E-state index in [1.165, 1.54) is 0 Å². The van der Waals surface area contributed by atoms with Crippen LogP contribution in [0, 0.1) is 23.7 Å². The summed E-state index contributed by atoms with van der Waals surface area (Å²) >= 11 is 3.61. The summed E-state index contributed by atoms with van der Waals surface area (Å²) in [4.78, 5) is 28.7. The average molecular weight is 351 g/mol. The van der Waals surface area contributed by atoms with Gasteiger partial charge in [-0.3, -0.25) is 14.6 Å². The summed E-state index contributed by atoms with van der Waals surface area (Å²) in [5, 5.41) is 2.94. The van der Waals surface area contributed by atoms with Gasteiger partial charge < -0.3 is 10.1 Å². The molecule has 5 nitrogen and oxygen atoms in total. The summed E-state index contributed by atoms with van der Waals surface area (Å²) in [6.07, 6.45) is 4.30. The number of carbonyl (C=O) groups is 2. The van der Waals surface area contributed by atoms with Crippen molar-refractivity contribution in [2.24, 2.45) is 23.7 Å². The maximum atomic E-state index is 12.5. The number of rotatable bonds is 3. The van der Waals surface area contributed by atoms with Gasteiger partial charge in [0, 0.05) is 24.9 Å². The summed E-state index contributed by atoms with van der Waals surface area (Å²) in [7, 11) is 0. The smallest absolute Gasteiger partial charge is 0.310 e. The number of halogens is 1. The molecule has 110 valence electrons. The molecule has 1 N–H and O–H groups in total. The lowest BCUT2D eigenvalue weighted by Gasteiger charge is -2.27. The fraction of sp³-hybridized carbons (Fsp3) is 0.533. The van der Waals surface area contributed by atoms with Gasteiger partial charge in [-0.25, -0.2) is 0 Å². The van der Waals surface area contributed by atoms with Gasteiger partial charge in [0.1, 0.15) is 6.10 Å². The molecule has 0 radical (unpaired) electrons. The van der Waals surface area contributed by atoms with Crippen LogP contribution in [0.5, 0.6) is 0 Å². The third-order valence-electron chi connectivity index (χ3n) is 5.02. The Hall–Kier alpha value is -1.43. The number of nitrogens with one attached hydrogen (secondary N) is 1. The van der Waals surface area contributed by atoms with E-state index in [-0.39, 0.29) is 46.5 Å². The number of hydrogen-bond donors (Lipinski definition) is 1. The molecule has 2 heterocycles. The lowest BCUT2D eigenvalue weighted by atomic mass is 9.79. The SMILES string of the molecule is O=C(NCc1cccnc1)[C@@H]1[C@H]2C[C@H]3[C@H](OC(=O)[C@H]31)[C@H]2Br. The molecule has 6 heteroatoms. The van der Waals surface area contributed by atoms with E-state index in [0.717, 1.165) is 12.0 Å².